The molecule has 1 aromatic heterocycles. The van der Waals surface area contributed by atoms with Crippen molar-refractivity contribution in [3.63, 3.8) is 0 Å². The van der Waals surface area contributed by atoms with E-state index >= 15 is 0 Å². The predicted molar refractivity (Wildman–Crippen MR) is 69.4 cm³/mol. The van der Waals surface area contributed by atoms with E-state index < -0.39 is 0 Å². The molecule has 1 N–H and O–H groups in total. The first kappa shape index (κ1) is 13.0. The fourth-order valence-corrected chi connectivity index (χ4v) is 2.18. The van der Waals surface area contributed by atoms with Gasteiger partial charge in [0.25, 0.3) is 5.91 Å². The number of piperidine rings is 1. The summed E-state index contributed by atoms with van der Waals surface area (Å²) in [6, 6.07) is 0.237. The van der Waals surface area contributed by atoms with E-state index in [-0.39, 0.29) is 11.9 Å². The van der Waals surface area contributed by atoms with E-state index in [2.05, 4.69) is 15.3 Å². The third-order valence-electron chi connectivity index (χ3n) is 3.26. The van der Waals surface area contributed by atoms with E-state index in [9.17, 15) is 4.79 Å². The molecule has 1 amide bonds. The first-order chi connectivity index (χ1) is 8.59. The van der Waals surface area contributed by atoms with Gasteiger partial charge in [0.15, 0.2) is 0 Å². The van der Waals surface area contributed by atoms with Crippen molar-refractivity contribution in [3.05, 3.63) is 23.3 Å². The fourth-order valence-electron chi connectivity index (χ4n) is 2.18. The van der Waals surface area contributed by atoms with Gasteiger partial charge in [-0.2, -0.15) is 0 Å². The Bertz CT molecular complexity index is 439. The van der Waals surface area contributed by atoms with Crippen LogP contribution in [0.3, 0.4) is 0 Å². The van der Waals surface area contributed by atoms with E-state index in [4.69, 9.17) is 0 Å². The maximum atomic E-state index is 11.9. The number of carbonyl (C=O) groups is 1. The quantitative estimate of drug-likeness (QED) is 0.857. The third-order valence-corrected chi connectivity index (χ3v) is 3.26. The molecule has 5 heteroatoms. The Balaban J connectivity index is 2.21. The van der Waals surface area contributed by atoms with E-state index in [1.165, 1.54) is 12.8 Å². The molecule has 5 nitrogen and oxygen atoms in total. The number of rotatable bonds is 2. The van der Waals surface area contributed by atoms with Crippen LogP contribution >= 0.6 is 0 Å². The molecule has 1 atom stereocenters. The molecule has 1 aromatic rings. The van der Waals surface area contributed by atoms with Gasteiger partial charge in [-0.1, -0.05) is 6.42 Å². The number of amides is 1. The van der Waals surface area contributed by atoms with Crippen LogP contribution in [0.1, 0.15) is 47.2 Å². The van der Waals surface area contributed by atoms with Crippen molar-refractivity contribution < 1.29 is 4.79 Å². The lowest BCUT2D eigenvalue weighted by Gasteiger charge is -2.22. The second-order valence-corrected chi connectivity index (χ2v) is 4.93. The lowest BCUT2D eigenvalue weighted by Crippen LogP contribution is -2.29. The SMILES string of the molecule is Cc1nc([C@@H]2CCCCN2)ncc1C(=O)N(C)C. The van der Waals surface area contributed by atoms with Crippen LogP contribution in [0.4, 0.5) is 0 Å². The van der Waals surface area contributed by atoms with Crippen LogP contribution in [-0.2, 0) is 0 Å². The largest absolute Gasteiger partial charge is 0.345 e. The average Bonchev–Trinajstić information content (AvgIpc) is 2.38. The van der Waals surface area contributed by atoms with Gasteiger partial charge in [-0.3, -0.25) is 4.79 Å². The molecule has 0 radical (unpaired) electrons. The number of nitrogens with zero attached hydrogens (tertiary/aromatic N) is 3. The minimum absolute atomic E-state index is 0.0457. The van der Waals surface area contributed by atoms with E-state index in [0.717, 1.165) is 24.5 Å². The van der Waals surface area contributed by atoms with E-state index in [0.29, 0.717) is 5.56 Å². The van der Waals surface area contributed by atoms with Gasteiger partial charge < -0.3 is 10.2 Å². The molecular formula is C13H20N4O. The molecular weight excluding hydrogens is 228 g/mol. The lowest BCUT2D eigenvalue weighted by molar-refractivity contribution is 0.0826. The number of aryl methyl sites for hydroxylation is 1. The maximum absolute atomic E-state index is 11.9. The molecule has 2 rings (SSSR count). The molecule has 1 fully saturated rings. The highest BCUT2D eigenvalue weighted by Gasteiger charge is 2.20. The maximum Gasteiger partial charge on any atom is 0.256 e. The molecule has 18 heavy (non-hydrogen) atoms. The zero-order valence-electron chi connectivity index (χ0n) is 11.2. The summed E-state index contributed by atoms with van der Waals surface area (Å²) in [5, 5.41) is 3.41. The van der Waals surface area contributed by atoms with Gasteiger partial charge in [0.1, 0.15) is 5.82 Å². The van der Waals surface area contributed by atoms with Gasteiger partial charge in [-0.05, 0) is 26.3 Å². The van der Waals surface area contributed by atoms with Gasteiger partial charge in [0.05, 0.1) is 17.3 Å². The van der Waals surface area contributed by atoms with Crippen LogP contribution in [0.2, 0.25) is 0 Å². The highest BCUT2D eigenvalue weighted by molar-refractivity contribution is 5.94. The van der Waals surface area contributed by atoms with E-state index in [1.807, 2.05) is 6.92 Å². The standard InChI is InChI=1S/C13H20N4O/c1-9-10(13(18)17(2)3)8-15-12(16-9)11-6-4-5-7-14-11/h8,11,14H,4-7H2,1-3H3/t11-/m0/s1. The number of hydrogen-bond acceptors (Lipinski definition) is 4. The minimum Gasteiger partial charge on any atom is -0.345 e. The Kier molecular flexibility index (Phi) is 3.91. The lowest BCUT2D eigenvalue weighted by atomic mass is 10.0. The molecule has 0 aromatic carbocycles. The second-order valence-electron chi connectivity index (χ2n) is 4.93. The average molecular weight is 248 g/mol. The van der Waals surface area contributed by atoms with Crippen molar-refractivity contribution in [1.82, 2.24) is 20.2 Å². The molecule has 0 unspecified atom stereocenters. The van der Waals surface area contributed by atoms with Gasteiger partial charge in [0, 0.05) is 20.3 Å². The van der Waals surface area contributed by atoms with Gasteiger partial charge in [-0.15, -0.1) is 0 Å². The first-order valence-corrected chi connectivity index (χ1v) is 6.38. The van der Waals surface area contributed by atoms with Crippen molar-refractivity contribution in [1.29, 1.82) is 0 Å². The van der Waals surface area contributed by atoms with E-state index in [1.54, 1.807) is 25.2 Å². The van der Waals surface area contributed by atoms with Crippen molar-refractivity contribution in [2.24, 2.45) is 0 Å². The Morgan fingerprint density at radius 2 is 2.22 bits per heavy atom. The zero-order chi connectivity index (χ0) is 13.1. The van der Waals surface area contributed by atoms with Crippen LogP contribution in [-0.4, -0.2) is 41.4 Å². The van der Waals surface area contributed by atoms with Crippen LogP contribution in [0.15, 0.2) is 6.20 Å². The molecule has 1 aliphatic rings. The summed E-state index contributed by atoms with van der Waals surface area (Å²) < 4.78 is 0. The Morgan fingerprint density at radius 1 is 1.44 bits per heavy atom. The van der Waals surface area contributed by atoms with Gasteiger partial charge in [0.2, 0.25) is 0 Å². The van der Waals surface area contributed by atoms with Gasteiger partial charge in [-0.25, -0.2) is 9.97 Å². The van der Waals surface area contributed by atoms with Crippen molar-refractivity contribution in [2.45, 2.75) is 32.2 Å². The number of carbonyl (C=O) groups excluding carboxylic acids is 1. The Morgan fingerprint density at radius 3 is 2.78 bits per heavy atom. The monoisotopic (exact) mass is 248 g/mol. The zero-order valence-corrected chi connectivity index (χ0v) is 11.2. The molecule has 0 saturated carbocycles. The normalized spacial score (nSPS) is 19.6. The van der Waals surface area contributed by atoms with Gasteiger partial charge >= 0.3 is 0 Å². The molecule has 1 aliphatic heterocycles. The van der Waals surface area contributed by atoms with Crippen molar-refractivity contribution >= 4 is 5.91 Å². The topological polar surface area (TPSA) is 58.1 Å². The molecule has 1 saturated heterocycles. The summed E-state index contributed by atoms with van der Waals surface area (Å²) in [7, 11) is 3.47. The molecule has 0 bridgehead atoms. The predicted octanol–water partition coefficient (Wildman–Crippen LogP) is 1.30. The summed E-state index contributed by atoms with van der Waals surface area (Å²) in [4.78, 5) is 22.3. The summed E-state index contributed by atoms with van der Waals surface area (Å²) in [6.07, 6.45) is 5.14. The summed E-state index contributed by atoms with van der Waals surface area (Å²) in [5.41, 5.74) is 1.34. The number of aromatic nitrogens is 2. The van der Waals surface area contributed by atoms with Crippen LogP contribution in [0.5, 0.6) is 0 Å². The Hall–Kier alpha value is -1.49. The highest BCUT2D eigenvalue weighted by atomic mass is 16.2. The molecule has 98 valence electrons. The number of hydrogen-bond donors (Lipinski definition) is 1. The van der Waals surface area contributed by atoms with Crippen LogP contribution in [0, 0.1) is 6.92 Å². The fraction of sp³-hybridized carbons (Fsp3) is 0.615. The molecule has 2 heterocycles. The Labute approximate surface area is 108 Å². The highest BCUT2D eigenvalue weighted by Crippen LogP contribution is 2.20. The number of nitrogens with one attached hydrogen (secondary N) is 1. The molecule has 0 aliphatic carbocycles. The third kappa shape index (κ3) is 2.67. The summed E-state index contributed by atoms with van der Waals surface area (Å²) in [5.74, 6) is 0.762. The first-order valence-electron chi connectivity index (χ1n) is 6.38. The second kappa shape index (κ2) is 5.44. The minimum atomic E-state index is -0.0457. The summed E-state index contributed by atoms with van der Waals surface area (Å²) >= 11 is 0. The molecule has 0 spiro atoms. The van der Waals surface area contributed by atoms with Crippen LogP contribution < -0.4 is 5.32 Å². The van der Waals surface area contributed by atoms with Crippen LogP contribution in [0.25, 0.3) is 0 Å². The summed E-state index contributed by atoms with van der Waals surface area (Å²) in [6.45, 7) is 2.89. The smallest absolute Gasteiger partial charge is 0.256 e. The van der Waals surface area contributed by atoms with Crippen molar-refractivity contribution in [2.75, 3.05) is 20.6 Å². The van der Waals surface area contributed by atoms with Crippen molar-refractivity contribution in [3.8, 4) is 0 Å².